The van der Waals surface area contributed by atoms with Crippen molar-refractivity contribution in [2.45, 2.75) is 44.1 Å². The van der Waals surface area contributed by atoms with Crippen LogP contribution in [0, 0.1) is 17.8 Å². The van der Waals surface area contributed by atoms with Crippen LogP contribution < -0.4 is 5.32 Å². The number of rotatable bonds is 2. The van der Waals surface area contributed by atoms with E-state index in [1.54, 1.807) is 11.3 Å². The van der Waals surface area contributed by atoms with E-state index in [2.05, 4.69) is 31.6 Å². The molecule has 0 radical (unpaired) electrons. The second-order valence-electron chi connectivity index (χ2n) is 6.30. The number of hydrogen-bond donors (Lipinski definition) is 1. The van der Waals surface area contributed by atoms with Crippen LogP contribution in [0.5, 0.6) is 0 Å². The van der Waals surface area contributed by atoms with Gasteiger partial charge in [0, 0.05) is 10.9 Å². The molecule has 0 aromatic carbocycles. The monoisotopic (exact) mass is 312 g/mol. The molecule has 4 aliphatic rings. The van der Waals surface area contributed by atoms with E-state index in [1.165, 1.54) is 38.5 Å². The molecule has 0 unspecified atom stereocenters. The summed E-state index contributed by atoms with van der Waals surface area (Å²) in [5, 5.41) is 6.97. The Morgan fingerprint density at radius 1 is 1.18 bits per heavy atom. The number of aromatic nitrogens is 1. The van der Waals surface area contributed by atoms with Gasteiger partial charge in [0.15, 0.2) is 5.13 Å². The molecule has 1 aromatic rings. The fourth-order valence-corrected chi connectivity index (χ4v) is 6.07. The molecule has 1 aromatic heterocycles. The molecule has 4 saturated carbocycles. The van der Waals surface area contributed by atoms with Crippen LogP contribution in [0.4, 0.5) is 5.13 Å². The third kappa shape index (κ3) is 1.84. The number of nitrogens with one attached hydrogen (secondary N) is 1. The highest BCUT2D eigenvalue weighted by Gasteiger charge is 2.51. The highest BCUT2D eigenvalue weighted by molar-refractivity contribution is 9.10. The third-order valence-electron chi connectivity index (χ3n) is 4.89. The van der Waals surface area contributed by atoms with Gasteiger partial charge in [-0.05, 0) is 72.2 Å². The second-order valence-corrected chi connectivity index (χ2v) is 7.97. The fourth-order valence-electron chi connectivity index (χ4n) is 4.80. The summed E-state index contributed by atoms with van der Waals surface area (Å²) in [6.07, 6.45) is 8.66. The van der Waals surface area contributed by atoms with Gasteiger partial charge in [-0.2, -0.15) is 0 Å². The van der Waals surface area contributed by atoms with Crippen LogP contribution in [-0.2, 0) is 0 Å². The first-order valence-corrected chi connectivity index (χ1v) is 8.27. The van der Waals surface area contributed by atoms with Crippen molar-refractivity contribution in [3.8, 4) is 0 Å². The average molecular weight is 313 g/mol. The van der Waals surface area contributed by atoms with Crippen molar-refractivity contribution >= 4 is 32.4 Å². The van der Waals surface area contributed by atoms with Crippen LogP contribution in [0.1, 0.15) is 38.5 Å². The predicted octanol–water partition coefficient (Wildman–Crippen LogP) is 4.29. The zero-order chi connectivity index (χ0) is 11.5. The Labute approximate surface area is 114 Å². The molecular formula is C13H17BrN2S. The van der Waals surface area contributed by atoms with Gasteiger partial charge in [-0.3, -0.25) is 0 Å². The number of nitrogens with zero attached hydrogens (tertiary/aromatic N) is 1. The maximum absolute atomic E-state index is 4.51. The SMILES string of the molecule is Brc1csc(NC23CC4CC(CC(C4)C2)C3)n1. The number of thiazole rings is 1. The molecule has 4 bridgehead atoms. The van der Waals surface area contributed by atoms with Gasteiger partial charge >= 0.3 is 0 Å². The lowest BCUT2D eigenvalue weighted by molar-refractivity contribution is 0.0107. The Hall–Kier alpha value is -0.0900. The molecule has 4 heteroatoms. The maximum Gasteiger partial charge on any atom is 0.184 e. The Morgan fingerprint density at radius 3 is 2.24 bits per heavy atom. The molecule has 92 valence electrons. The first-order chi connectivity index (χ1) is 8.21. The lowest BCUT2D eigenvalue weighted by atomic mass is 9.53. The molecule has 0 spiro atoms. The van der Waals surface area contributed by atoms with E-state index >= 15 is 0 Å². The minimum atomic E-state index is 0.395. The average Bonchev–Trinajstić information content (AvgIpc) is 2.60. The van der Waals surface area contributed by atoms with Crippen molar-refractivity contribution in [2.24, 2.45) is 17.8 Å². The molecule has 0 aliphatic heterocycles. The van der Waals surface area contributed by atoms with Crippen LogP contribution in [0.3, 0.4) is 0 Å². The van der Waals surface area contributed by atoms with Gasteiger partial charge in [0.25, 0.3) is 0 Å². The second kappa shape index (κ2) is 3.70. The van der Waals surface area contributed by atoms with Crippen LogP contribution in [0.2, 0.25) is 0 Å². The van der Waals surface area contributed by atoms with Crippen molar-refractivity contribution in [3.63, 3.8) is 0 Å². The smallest absolute Gasteiger partial charge is 0.184 e. The minimum absolute atomic E-state index is 0.395. The van der Waals surface area contributed by atoms with Gasteiger partial charge < -0.3 is 5.32 Å². The predicted molar refractivity (Wildman–Crippen MR) is 74.3 cm³/mol. The van der Waals surface area contributed by atoms with E-state index in [4.69, 9.17) is 0 Å². The molecule has 1 N–H and O–H groups in total. The third-order valence-corrected chi connectivity index (χ3v) is 6.35. The number of hydrogen-bond acceptors (Lipinski definition) is 3. The Morgan fingerprint density at radius 2 is 1.76 bits per heavy atom. The summed E-state index contributed by atoms with van der Waals surface area (Å²) >= 11 is 5.17. The van der Waals surface area contributed by atoms with Gasteiger partial charge in [0.05, 0.1) is 0 Å². The fraction of sp³-hybridized carbons (Fsp3) is 0.769. The van der Waals surface area contributed by atoms with Gasteiger partial charge in [0.2, 0.25) is 0 Å². The Balaban J connectivity index is 1.60. The van der Waals surface area contributed by atoms with E-state index in [0.29, 0.717) is 5.54 Å². The van der Waals surface area contributed by atoms with Gasteiger partial charge in [0.1, 0.15) is 4.60 Å². The lowest BCUT2D eigenvalue weighted by Gasteiger charge is -2.56. The molecule has 4 aliphatic carbocycles. The molecule has 5 rings (SSSR count). The summed E-state index contributed by atoms with van der Waals surface area (Å²) in [5.74, 6) is 2.99. The van der Waals surface area contributed by atoms with Crippen LogP contribution >= 0.6 is 27.3 Å². The summed E-state index contributed by atoms with van der Waals surface area (Å²) < 4.78 is 0.967. The molecule has 1 heterocycles. The topological polar surface area (TPSA) is 24.9 Å². The quantitative estimate of drug-likeness (QED) is 0.881. The Bertz CT molecular complexity index is 407. The summed E-state index contributed by atoms with van der Waals surface area (Å²) in [4.78, 5) is 4.51. The van der Waals surface area contributed by atoms with Crippen molar-refractivity contribution < 1.29 is 0 Å². The van der Waals surface area contributed by atoms with Gasteiger partial charge in [-0.1, -0.05) is 0 Å². The first-order valence-electron chi connectivity index (χ1n) is 6.60. The number of halogens is 1. The van der Waals surface area contributed by atoms with Crippen LogP contribution in [0.15, 0.2) is 9.98 Å². The van der Waals surface area contributed by atoms with Gasteiger partial charge in [-0.15, -0.1) is 11.3 Å². The molecule has 17 heavy (non-hydrogen) atoms. The lowest BCUT2D eigenvalue weighted by Crippen LogP contribution is -2.54. The molecule has 4 fully saturated rings. The Kier molecular flexibility index (Phi) is 2.35. The summed E-state index contributed by atoms with van der Waals surface area (Å²) in [5.41, 5.74) is 0.395. The van der Waals surface area contributed by atoms with E-state index in [0.717, 1.165) is 27.5 Å². The zero-order valence-electron chi connectivity index (χ0n) is 9.79. The van der Waals surface area contributed by atoms with Crippen molar-refractivity contribution in [3.05, 3.63) is 9.98 Å². The zero-order valence-corrected chi connectivity index (χ0v) is 12.2. The standard InChI is InChI=1S/C13H17BrN2S/c14-11-7-17-12(15-11)16-13-4-8-1-9(5-13)3-10(2-8)6-13/h7-10H,1-6H2,(H,15,16). The van der Waals surface area contributed by atoms with E-state index < -0.39 is 0 Å². The molecule has 2 nitrogen and oxygen atoms in total. The maximum atomic E-state index is 4.51. The number of anilines is 1. The highest BCUT2D eigenvalue weighted by Crippen LogP contribution is 2.56. The largest absolute Gasteiger partial charge is 0.356 e. The summed E-state index contributed by atoms with van der Waals surface area (Å²) in [6, 6.07) is 0. The van der Waals surface area contributed by atoms with E-state index in [9.17, 15) is 0 Å². The van der Waals surface area contributed by atoms with Crippen molar-refractivity contribution in [1.29, 1.82) is 0 Å². The molecule has 0 amide bonds. The van der Waals surface area contributed by atoms with Gasteiger partial charge in [-0.25, -0.2) is 4.98 Å². The molecular weight excluding hydrogens is 296 g/mol. The van der Waals surface area contributed by atoms with E-state index in [-0.39, 0.29) is 0 Å². The first kappa shape index (κ1) is 10.8. The van der Waals surface area contributed by atoms with Crippen LogP contribution in [-0.4, -0.2) is 10.5 Å². The molecule has 0 atom stereocenters. The van der Waals surface area contributed by atoms with Crippen molar-refractivity contribution in [2.75, 3.05) is 5.32 Å². The summed E-state index contributed by atoms with van der Waals surface area (Å²) in [7, 11) is 0. The molecule has 0 saturated heterocycles. The normalized spacial score (nSPS) is 43.0. The van der Waals surface area contributed by atoms with E-state index in [1.807, 2.05) is 0 Å². The van der Waals surface area contributed by atoms with Crippen LogP contribution in [0.25, 0.3) is 0 Å². The minimum Gasteiger partial charge on any atom is -0.356 e. The van der Waals surface area contributed by atoms with Crippen molar-refractivity contribution in [1.82, 2.24) is 4.98 Å². The highest BCUT2D eigenvalue weighted by atomic mass is 79.9. The summed E-state index contributed by atoms with van der Waals surface area (Å²) in [6.45, 7) is 0.